The van der Waals surface area contributed by atoms with Crippen molar-refractivity contribution in [2.24, 2.45) is 11.8 Å². The van der Waals surface area contributed by atoms with Crippen molar-refractivity contribution in [3.8, 4) is 0 Å². The predicted octanol–water partition coefficient (Wildman–Crippen LogP) is 1.94. The lowest BCUT2D eigenvalue weighted by atomic mass is 9.91. The van der Waals surface area contributed by atoms with Gasteiger partial charge in [0.05, 0.1) is 5.92 Å². The Kier molecular flexibility index (Phi) is 4.43. The molecule has 1 heterocycles. The first kappa shape index (κ1) is 13.9. The summed E-state index contributed by atoms with van der Waals surface area (Å²) in [6.45, 7) is 3.98. The van der Waals surface area contributed by atoms with E-state index in [2.05, 4.69) is 17.6 Å². The second-order valence-electron chi connectivity index (χ2n) is 5.63. The van der Waals surface area contributed by atoms with Crippen LogP contribution in [-0.2, 0) is 4.79 Å². The molecule has 4 heteroatoms. The van der Waals surface area contributed by atoms with E-state index >= 15 is 0 Å². The maximum absolute atomic E-state index is 12.2. The molecule has 1 aliphatic heterocycles. The van der Waals surface area contributed by atoms with Crippen LogP contribution >= 0.6 is 0 Å². The standard InChI is InChI=1S/C15H23N3O/c1-11-8-12(10-16-9-11)15(19)17-13-4-6-14(7-5-13)18(2)3/h4-7,11-12,16H,8-10H2,1-3H3,(H,17,19). The fourth-order valence-electron chi connectivity index (χ4n) is 2.44. The minimum absolute atomic E-state index is 0.0808. The number of carbonyl (C=O) groups excluding carboxylic acids is 1. The van der Waals surface area contributed by atoms with Crippen molar-refractivity contribution in [2.45, 2.75) is 13.3 Å². The Balaban J connectivity index is 1.94. The summed E-state index contributed by atoms with van der Waals surface area (Å²) in [5.74, 6) is 0.773. The molecular weight excluding hydrogens is 238 g/mol. The topological polar surface area (TPSA) is 44.4 Å². The molecule has 1 aromatic carbocycles. The molecule has 0 aliphatic carbocycles. The third kappa shape index (κ3) is 3.70. The molecule has 0 radical (unpaired) electrons. The second kappa shape index (κ2) is 6.06. The van der Waals surface area contributed by atoms with Crippen molar-refractivity contribution in [1.82, 2.24) is 5.32 Å². The molecule has 4 nitrogen and oxygen atoms in total. The van der Waals surface area contributed by atoms with E-state index in [-0.39, 0.29) is 11.8 Å². The molecule has 1 amide bonds. The van der Waals surface area contributed by atoms with Crippen LogP contribution in [0.1, 0.15) is 13.3 Å². The van der Waals surface area contributed by atoms with E-state index in [1.807, 2.05) is 43.3 Å². The largest absolute Gasteiger partial charge is 0.378 e. The lowest BCUT2D eigenvalue weighted by Gasteiger charge is -2.26. The molecule has 2 rings (SSSR count). The van der Waals surface area contributed by atoms with Gasteiger partial charge in [-0.3, -0.25) is 4.79 Å². The van der Waals surface area contributed by atoms with Crippen molar-refractivity contribution in [3.05, 3.63) is 24.3 Å². The molecule has 0 saturated carbocycles. The van der Waals surface area contributed by atoms with Crippen LogP contribution in [0, 0.1) is 11.8 Å². The lowest BCUT2D eigenvalue weighted by molar-refractivity contribution is -0.120. The van der Waals surface area contributed by atoms with Gasteiger partial charge in [0.1, 0.15) is 0 Å². The third-order valence-electron chi connectivity index (χ3n) is 3.59. The monoisotopic (exact) mass is 261 g/mol. The van der Waals surface area contributed by atoms with Gasteiger partial charge < -0.3 is 15.5 Å². The van der Waals surface area contributed by atoms with Gasteiger partial charge in [-0.15, -0.1) is 0 Å². The Hall–Kier alpha value is -1.55. The molecule has 1 saturated heterocycles. The number of carbonyl (C=O) groups is 1. The van der Waals surface area contributed by atoms with Gasteiger partial charge in [-0.1, -0.05) is 6.92 Å². The Morgan fingerprint density at radius 2 is 1.95 bits per heavy atom. The highest BCUT2D eigenvalue weighted by Gasteiger charge is 2.24. The van der Waals surface area contributed by atoms with Gasteiger partial charge in [-0.05, 0) is 43.1 Å². The molecule has 0 aromatic heterocycles. The Morgan fingerprint density at radius 1 is 1.26 bits per heavy atom. The van der Waals surface area contributed by atoms with Crippen LogP contribution in [0.15, 0.2) is 24.3 Å². The average Bonchev–Trinajstić information content (AvgIpc) is 2.39. The van der Waals surface area contributed by atoms with E-state index in [1.165, 1.54) is 0 Å². The zero-order valence-corrected chi connectivity index (χ0v) is 11.9. The molecule has 2 N–H and O–H groups in total. The highest BCUT2D eigenvalue weighted by Crippen LogP contribution is 2.20. The predicted molar refractivity (Wildman–Crippen MR) is 79.5 cm³/mol. The number of amides is 1. The van der Waals surface area contributed by atoms with Crippen LogP contribution in [-0.4, -0.2) is 33.1 Å². The van der Waals surface area contributed by atoms with Crippen LogP contribution < -0.4 is 15.5 Å². The summed E-state index contributed by atoms with van der Waals surface area (Å²) in [6.07, 6.45) is 0.967. The van der Waals surface area contributed by atoms with E-state index in [0.29, 0.717) is 5.92 Å². The maximum atomic E-state index is 12.2. The SMILES string of the molecule is CC1CNCC(C(=O)Nc2ccc(N(C)C)cc2)C1. The van der Waals surface area contributed by atoms with Crippen LogP contribution in [0.3, 0.4) is 0 Å². The number of nitrogens with one attached hydrogen (secondary N) is 2. The first-order chi connectivity index (χ1) is 9.06. The van der Waals surface area contributed by atoms with Gasteiger partial charge in [0.25, 0.3) is 0 Å². The number of anilines is 2. The minimum atomic E-state index is 0.0808. The number of hydrogen-bond donors (Lipinski definition) is 2. The van der Waals surface area contributed by atoms with Crippen LogP contribution in [0.2, 0.25) is 0 Å². The minimum Gasteiger partial charge on any atom is -0.378 e. The highest BCUT2D eigenvalue weighted by molar-refractivity contribution is 5.92. The Labute approximate surface area is 115 Å². The lowest BCUT2D eigenvalue weighted by Crippen LogP contribution is -2.40. The molecule has 1 fully saturated rings. The maximum Gasteiger partial charge on any atom is 0.228 e. The summed E-state index contributed by atoms with van der Waals surface area (Å²) >= 11 is 0. The number of piperidine rings is 1. The summed E-state index contributed by atoms with van der Waals surface area (Å²) in [7, 11) is 4.01. The number of hydrogen-bond acceptors (Lipinski definition) is 3. The molecule has 2 unspecified atom stereocenters. The summed E-state index contributed by atoms with van der Waals surface area (Å²) in [4.78, 5) is 14.2. The molecule has 1 aromatic rings. The summed E-state index contributed by atoms with van der Waals surface area (Å²) in [6, 6.07) is 7.93. The van der Waals surface area contributed by atoms with Crippen molar-refractivity contribution in [3.63, 3.8) is 0 Å². The first-order valence-electron chi connectivity index (χ1n) is 6.85. The van der Waals surface area contributed by atoms with E-state index in [1.54, 1.807) is 0 Å². The van der Waals surface area contributed by atoms with E-state index in [9.17, 15) is 4.79 Å². The van der Waals surface area contributed by atoms with Crippen molar-refractivity contribution in [1.29, 1.82) is 0 Å². The third-order valence-corrected chi connectivity index (χ3v) is 3.59. The van der Waals surface area contributed by atoms with Crippen LogP contribution in [0.25, 0.3) is 0 Å². The van der Waals surface area contributed by atoms with Crippen molar-refractivity contribution >= 4 is 17.3 Å². The van der Waals surface area contributed by atoms with Gasteiger partial charge >= 0.3 is 0 Å². The Morgan fingerprint density at radius 3 is 2.53 bits per heavy atom. The fourth-order valence-corrected chi connectivity index (χ4v) is 2.44. The first-order valence-corrected chi connectivity index (χ1v) is 6.85. The Bertz CT molecular complexity index is 428. The van der Waals surface area contributed by atoms with Gasteiger partial charge in [0.15, 0.2) is 0 Å². The second-order valence-corrected chi connectivity index (χ2v) is 5.63. The quantitative estimate of drug-likeness (QED) is 0.874. The van der Waals surface area contributed by atoms with Crippen LogP contribution in [0.5, 0.6) is 0 Å². The molecular formula is C15H23N3O. The number of rotatable bonds is 3. The molecule has 1 aliphatic rings. The average molecular weight is 261 g/mol. The summed E-state index contributed by atoms with van der Waals surface area (Å²) < 4.78 is 0. The molecule has 0 spiro atoms. The van der Waals surface area contributed by atoms with Gasteiger partial charge in [0, 0.05) is 32.0 Å². The van der Waals surface area contributed by atoms with Crippen LogP contribution in [0.4, 0.5) is 11.4 Å². The molecule has 0 bridgehead atoms. The normalized spacial score (nSPS) is 22.9. The smallest absolute Gasteiger partial charge is 0.228 e. The zero-order valence-electron chi connectivity index (χ0n) is 11.9. The van der Waals surface area contributed by atoms with Gasteiger partial charge in [-0.25, -0.2) is 0 Å². The van der Waals surface area contributed by atoms with E-state index < -0.39 is 0 Å². The fraction of sp³-hybridized carbons (Fsp3) is 0.533. The van der Waals surface area contributed by atoms with Crippen molar-refractivity contribution in [2.75, 3.05) is 37.4 Å². The van der Waals surface area contributed by atoms with Gasteiger partial charge in [-0.2, -0.15) is 0 Å². The molecule has 104 valence electrons. The molecule has 19 heavy (non-hydrogen) atoms. The zero-order chi connectivity index (χ0) is 13.8. The van der Waals surface area contributed by atoms with E-state index in [0.717, 1.165) is 30.9 Å². The summed E-state index contributed by atoms with van der Waals surface area (Å²) in [5.41, 5.74) is 2.00. The summed E-state index contributed by atoms with van der Waals surface area (Å²) in [5, 5.41) is 6.31. The molecule has 2 atom stereocenters. The van der Waals surface area contributed by atoms with Crippen molar-refractivity contribution < 1.29 is 4.79 Å². The van der Waals surface area contributed by atoms with Gasteiger partial charge in [0.2, 0.25) is 5.91 Å². The number of nitrogens with zero attached hydrogens (tertiary/aromatic N) is 1. The number of benzene rings is 1. The highest BCUT2D eigenvalue weighted by atomic mass is 16.1. The van der Waals surface area contributed by atoms with E-state index in [4.69, 9.17) is 0 Å².